The van der Waals surface area contributed by atoms with Crippen LogP contribution in [0.25, 0.3) is 0 Å². The van der Waals surface area contributed by atoms with Gasteiger partial charge < -0.3 is 10.6 Å². The van der Waals surface area contributed by atoms with E-state index >= 15 is 0 Å². The molecular formula is C16H16ClFN2O. The molecule has 0 spiro atoms. The Hall–Kier alpha value is -2.07. The minimum absolute atomic E-state index is 0.0173. The Balaban J connectivity index is 1.96. The highest BCUT2D eigenvalue weighted by molar-refractivity contribution is 6.30. The summed E-state index contributed by atoms with van der Waals surface area (Å²) < 4.78 is 13.6. The lowest BCUT2D eigenvalue weighted by molar-refractivity contribution is -0.114. The topological polar surface area (TPSA) is 41.1 Å². The molecular weight excluding hydrogens is 291 g/mol. The first-order chi connectivity index (χ1) is 10.1. The van der Waals surface area contributed by atoms with Crippen LogP contribution in [0.3, 0.4) is 0 Å². The molecule has 21 heavy (non-hydrogen) atoms. The standard InChI is InChI=1S/C16H16ClFN2O/c1-2-11-5-3-4-6-14(11)20-16(21)10-19-15-8-7-12(17)9-13(15)18/h3-9,19H,2,10H2,1H3,(H,20,21). The predicted molar refractivity (Wildman–Crippen MR) is 84.3 cm³/mol. The zero-order chi connectivity index (χ0) is 15.2. The van der Waals surface area contributed by atoms with E-state index in [0.29, 0.717) is 5.02 Å². The number of carbonyl (C=O) groups excluding carboxylic acids is 1. The number of para-hydroxylation sites is 1. The molecule has 0 radical (unpaired) electrons. The Morgan fingerprint density at radius 2 is 1.95 bits per heavy atom. The molecule has 0 atom stereocenters. The van der Waals surface area contributed by atoms with Crippen LogP contribution in [0, 0.1) is 5.82 Å². The van der Waals surface area contributed by atoms with Crippen LogP contribution in [-0.4, -0.2) is 12.5 Å². The van der Waals surface area contributed by atoms with Crippen molar-refractivity contribution in [1.29, 1.82) is 0 Å². The molecule has 0 aromatic heterocycles. The third-order valence-corrected chi connectivity index (χ3v) is 3.28. The van der Waals surface area contributed by atoms with E-state index in [4.69, 9.17) is 11.6 Å². The zero-order valence-corrected chi connectivity index (χ0v) is 12.4. The summed E-state index contributed by atoms with van der Waals surface area (Å²) in [4.78, 5) is 11.9. The van der Waals surface area contributed by atoms with E-state index in [-0.39, 0.29) is 18.1 Å². The lowest BCUT2D eigenvalue weighted by atomic mass is 10.1. The van der Waals surface area contributed by atoms with Gasteiger partial charge in [-0.2, -0.15) is 0 Å². The largest absolute Gasteiger partial charge is 0.374 e. The van der Waals surface area contributed by atoms with Gasteiger partial charge in [-0.3, -0.25) is 4.79 Å². The molecule has 2 N–H and O–H groups in total. The average molecular weight is 307 g/mol. The molecule has 2 aromatic carbocycles. The first-order valence-electron chi connectivity index (χ1n) is 6.67. The Labute approximate surface area is 128 Å². The number of nitrogens with one attached hydrogen (secondary N) is 2. The van der Waals surface area contributed by atoms with Crippen LogP contribution >= 0.6 is 11.6 Å². The summed E-state index contributed by atoms with van der Waals surface area (Å²) in [5.74, 6) is -0.713. The van der Waals surface area contributed by atoms with Gasteiger partial charge in [0.05, 0.1) is 12.2 Å². The molecule has 0 aliphatic carbocycles. The normalized spacial score (nSPS) is 10.2. The molecule has 3 nitrogen and oxygen atoms in total. The number of anilines is 2. The average Bonchev–Trinajstić information content (AvgIpc) is 2.47. The molecule has 2 aromatic rings. The monoisotopic (exact) mass is 306 g/mol. The molecule has 5 heteroatoms. The first kappa shape index (κ1) is 15.3. The van der Waals surface area contributed by atoms with Gasteiger partial charge >= 0.3 is 0 Å². The van der Waals surface area contributed by atoms with Crippen molar-refractivity contribution in [2.45, 2.75) is 13.3 Å². The van der Waals surface area contributed by atoms with Crippen molar-refractivity contribution < 1.29 is 9.18 Å². The molecule has 0 bridgehead atoms. The van der Waals surface area contributed by atoms with Gasteiger partial charge in [0, 0.05) is 10.7 Å². The van der Waals surface area contributed by atoms with Crippen LogP contribution in [0.15, 0.2) is 42.5 Å². The number of halogens is 2. The van der Waals surface area contributed by atoms with Gasteiger partial charge in [-0.05, 0) is 36.2 Å². The number of rotatable bonds is 5. The summed E-state index contributed by atoms with van der Waals surface area (Å²) in [6.45, 7) is 2.00. The third-order valence-electron chi connectivity index (χ3n) is 3.04. The van der Waals surface area contributed by atoms with Crippen molar-refractivity contribution >= 4 is 28.9 Å². The van der Waals surface area contributed by atoms with Crippen LogP contribution in [0.2, 0.25) is 5.02 Å². The first-order valence-corrected chi connectivity index (χ1v) is 7.04. The lowest BCUT2D eigenvalue weighted by Crippen LogP contribution is -2.22. The van der Waals surface area contributed by atoms with Crippen molar-refractivity contribution in [2.75, 3.05) is 17.2 Å². The van der Waals surface area contributed by atoms with E-state index in [1.165, 1.54) is 12.1 Å². The molecule has 0 saturated heterocycles. The van der Waals surface area contributed by atoms with Gasteiger partial charge in [-0.1, -0.05) is 36.7 Å². The van der Waals surface area contributed by atoms with Crippen molar-refractivity contribution in [3.63, 3.8) is 0 Å². The fraction of sp³-hybridized carbons (Fsp3) is 0.188. The Morgan fingerprint density at radius 3 is 2.67 bits per heavy atom. The van der Waals surface area contributed by atoms with E-state index in [1.807, 2.05) is 31.2 Å². The highest BCUT2D eigenvalue weighted by Gasteiger charge is 2.07. The number of hydrogen-bond donors (Lipinski definition) is 2. The van der Waals surface area contributed by atoms with E-state index in [2.05, 4.69) is 10.6 Å². The van der Waals surface area contributed by atoms with Gasteiger partial charge in [0.15, 0.2) is 0 Å². The maximum atomic E-state index is 13.6. The van der Waals surface area contributed by atoms with Crippen molar-refractivity contribution in [2.24, 2.45) is 0 Å². The number of amides is 1. The van der Waals surface area contributed by atoms with E-state index in [1.54, 1.807) is 6.07 Å². The molecule has 0 unspecified atom stereocenters. The smallest absolute Gasteiger partial charge is 0.243 e. The second-order valence-electron chi connectivity index (χ2n) is 4.54. The molecule has 0 heterocycles. The van der Waals surface area contributed by atoms with E-state index in [0.717, 1.165) is 17.7 Å². The number of carbonyl (C=O) groups is 1. The summed E-state index contributed by atoms with van der Waals surface area (Å²) in [6, 6.07) is 11.9. The van der Waals surface area contributed by atoms with E-state index in [9.17, 15) is 9.18 Å². The van der Waals surface area contributed by atoms with Crippen LogP contribution in [-0.2, 0) is 11.2 Å². The Kier molecular flexibility index (Phi) is 5.17. The van der Waals surface area contributed by atoms with Gasteiger partial charge in [-0.15, -0.1) is 0 Å². The van der Waals surface area contributed by atoms with Gasteiger partial charge in [0.1, 0.15) is 5.82 Å². The van der Waals surface area contributed by atoms with Crippen LogP contribution in [0.1, 0.15) is 12.5 Å². The minimum Gasteiger partial charge on any atom is -0.374 e. The predicted octanol–water partition coefficient (Wildman–Crippen LogP) is 4.09. The fourth-order valence-electron chi connectivity index (χ4n) is 1.95. The quantitative estimate of drug-likeness (QED) is 0.873. The summed E-state index contributed by atoms with van der Waals surface area (Å²) >= 11 is 5.67. The molecule has 0 aliphatic rings. The summed E-state index contributed by atoms with van der Waals surface area (Å²) in [7, 11) is 0. The van der Waals surface area contributed by atoms with Crippen molar-refractivity contribution in [1.82, 2.24) is 0 Å². The number of benzene rings is 2. The Morgan fingerprint density at radius 1 is 1.19 bits per heavy atom. The highest BCUT2D eigenvalue weighted by atomic mass is 35.5. The zero-order valence-electron chi connectivity index (χ0n) is 11.6. The molecule has 110 valence electrons. The second kappa shape index (κ2) is 7.09. The molecule has 0 aliphatic heterocycles. The van der Waals surface area contributed by atoms with Gasteiger partial charge in [-0.25, -0.2) is 4.39 Å². The maximum Gasteiger partial charge on any atom is 0.243 e. The van der Waals surface area contributed by atoms with Crippen LogP contribution < -0.4 is 10.6 Å². The molecule has 0 saturated carbocycles. The number of hydrogen-bond acceptors (Lipinski definition) is 2. The third kappa shape index (κ3) is 4.20. The summed E-state index contributed by atoms with van der Waals surface area (Å²) in [5.41, 5.74) is 2.09. The molecule has 1 amide bonds. The van der Waals surface area contributed by atoms with Gasteiger partial charge in [0.2, 0.25) is 5.91 Å². The van der Waals surface area contributed by atoms with E-state index < -0.39 is 5.82 Å². The summed E-state index contributed by atoms with van der Waals surface area (Å²) in [5, 5.41) is 5.88. The highest BCUT2D eigenvalue weighted by Crippen LogP contribution is 2.19. The van der Waals surface area contributed by atoms with Crippen molar-refractivity contribution in [3.8, 4) is 0 Å². The maximum absolute atomic E-state index is 13.6. The van der Waals surface area contributed by atoms with Gasteiger partial charge in [0.25, 0.3) is 0 Å². The van der Waals surface area contributed by atoms with Crippen molar-refractivity contribution in [3.05, 3.63) is 58.9 Å². The Bertz CT molecular complexity index is 646. The minimum atomic E-state index is -0.482. The number of aryl methyl sites for hydroxylation is 1. The molecule has 2 rings (SSSR count). The van der Waals surface area contributed by atoms with Crippen LogP contribution in [0.5, 0.6) is 0 Å². The van der Waals surface area contributed by atoms with Crippen LogP contribution in [0.4, 0.5) is 15.8 Å². The summed E-state index contributed by atoms with van der Waals surface area (Å²) in [6.07, 6.45) is 0.829. The fourth-order valence-corrected chi connectivity index (χ4v) is 2.11. The second-order valence-corrected chi connectivity index (χ2v) is 4.97. The lowest BCUT2D eigenvalue weighted by Gasteiger charge is -2.11. The molecule has 0 fully saturated rings. The SMILES string of the molecule is CCc1ccccc1NC(=O)CNc1ccc(Cl)cc1F.